The highest BCUT2D eigenvalue weighted by molar-refractivity contribution is 9.10. The van der Waals surface area contributed by atoms with Crippen LogP contribution in [0.3, 0.4) is 0 Å². The second-order valence-electron chi connectivity index (χ2n) is 5.33. The lowest BCUT2D eigenvalue weighted by atomic mass is 10.2. The largest absolute Gasteiger partial charge is 0.492 e. The van der Waals surface area contributed by atoms with Crippen LogP contribution in [-0.4, -0.2) is 18.1 Å². The molecule has 0 aromatic heterocycles. The van der Waals surface area contributed by atoms with Crippen LogP contribution in [0, 0.1) is 6.92 Å². The molecule has 1 aliphatic rings. The average molecular weight is 417 g/mol. The molecule has 0 unspecified atom stereocenters. The van der Waals surface area contributed by atoms with Gasteiger partial charge in [-0.25, -0.2) is 4.79 Å². The topological polar surface area (TPSA) is 59.6 Å². The van der Waals surface area contributed by atoms with Gasteiger partial charge in [-0.3, -0.25) is 5.32 Å². The van der Waals surface area contributed by atoms with E-state index in [-0.39, 0.29) is 11.5 Å². The zero-order valence-electron chi connectivity index (χ0n) is 12.8. The fourth-order valence-electron chi connectivity index (χ4n) is 2.21. The van der Waals surface area contributed by atoms with E-state index in [0.29, 0.717) is 10.2 Å². The van der Waals surface area contributed by atoms with Crippen molar-refractivity contribution in [2.75, 3.05) is 5.32 Å². The maximum Gasteiger partial charge on any atom is 0.492 e. The van der Waals surface area contributed by atoms with E-state index >= 15 is 0 Å². The number of carbonyl (C=O) groups is 1. The number of rotatable bonds is 2. The molecule has 9 heteroatoms. The minimum atomic E-state index is -5.01. The van der Waals surface area contributed by atoms with Gasteiger partial charge in [0, 0.05) is 4.47 Å². The summed E-state index contributed by atoms with van der Waals surface area (Å²) >= 11 is 3.24. The molecule has 2 N–H and O–H groups in total. The van der Waals surface area contributed by atoms with Crippen LogP contribution in [-0.2, 0) is 0 Å². The Morgan fingerprint density at radius 3 is 2.24 bits per heavy atom. The number of carbonyl (C=O) groups excluding carboxylic acids is 1. The predicted molar refractivity (Wildman–Crippen MR) is 87.5 cm³/mol. The Balaban J connectivity index is 1.82. The molecule has 0 saturated heterocycles. The number of nitrogens with one attached hydrogen (secondary N) is 2. The summed E-state index contributed by atoms with van der Waals surface area (Å²) in [6.07, 6.45) is -5.01. The van der Waals surface area contributed by atoms with Crippen molar-refractivity contribution in [1.29, 1.82) is 0 Å². The first kappa shape index (κ1) is 17.4. The van der Waals surface area contributed by atoms with Crippen LogP contribution < -0.4 is 20.1 Å². The van der Waals surface area contributed by atoms with E-state index in [1.54, 1.807) is 23.5 Å². The summed E-state index contributed by atoms with van der Waals surface area (Å²) in [5, 5.41) is 4.06. The minimum absolute atomic E-state index is 0.114. The van der Waals surface area contributed by atoms with Crippen LogP contribution in [0.1, 0.15) is 5.56 Å². The van der Waals surface area contributed by atoms with Crippen molar-refractivity contribution < 1.29 is 27.4 Å². The Morgan fingerprint density at radius 2 is 1.72 bits per heavy atom. The Hall–Kier alpha value is -2.42. The summed E-state index contributed by atoms with van der Waals surface area (Å²) < 4.78 is 50.8. The number of benzene rings is 2. The van der Waals surface area contributed by atoms with Crippen molar-refractivity contribution in [3.05, 3.63) is 52.5 Å². The first-order chi connectivity index (χ1) is 11.7. The van der Waals surface area contributed by atoms with Gasteiger partial charge in [-0.1, -0.05) is 18.2 Å². The van der Waals surface area contributed by atoms with Crippen LogP contribution in [0.4, 0.5) is 23.7 Å². The molecule has 2 aromatic rings. The number of urea groups is 1. The highest BCUT2D eigenvalue weighted by atomic mass is 79.9. The Kier molecular flexibility index (Phi) is 4.28. The Morgan fingerprint density at radius 1 is 1.12 bits per heavy atom. The summed E-state index contributed by atoms with van der Waals surface area (Å²) in [4.78, 5) is 12.1. The minimum Gasteiger partial charge on any atom is -0.424 e. The molecule has 0 bridgehead atoms. The van der Waals surface area contributed by atoms with Crippen LogP contribution >= 0.6 is 15.9 Å². The fourth-order valence-corrected chi connectivity index (χ4v) is 2.80. The molecule has 132 valence electrons. The van der Waals surface area contributed by atoms with Gasteiger partial charge in [0.1, 0.15) is 0 Å². The van der Waals surface area contributed by atoms with Crippen LogP contribution in [0.15, 0.2) is 46.9 Å². The molecule has 0 radical (unpaired) electrons. The highest BCUT2D eigenvalue weighted by Gasteiger charge is 2.65. The second kappa shape index (κ2) is 6.14. The third-order valence-corrected chi connectivity index (χ3v) is 4.04. The number of ether oxygens (including phenoxy) is 2. The average Bonchev–Trinajstić information content (AvgIpc) is 2.89. The van der Waals surface area contributed by atoms with Crippen molar-refractivity contribution in [3.63, 3.8) is 0 Å². The number of hydrogen-bond donors (Lipinski definition) is 2. The fraction of sp³-hybridized carbons (Fsp3) is 0.188. The zero-order valence-corrected chi connectivity index (χ0v) is 14.4. The van der Waals surface area contributed by atoms with E-state index in [1.807, 2.05) is 6.92 Å². The first-order valence-corrected chi connectivity index (χ1v) is 7.88. The molecule has 25 heavy (non-hydrogen) atoms. The molecule has 1 heterocycles. The van der Waals surface area contributed by atoms with E-state index in [0.717, 1.165) is 5.56 Å². The van der Waals surface area contributed by atoms with Gasteiger partial charge in [0.05, 0.1) is 5.69 Å². The molecule has 5 nitrogen and oxygen atoms in total. The molecular weight excluding hydrogens is 405 g/mol. The standard InChI is InChI=1S/C16H12BrF3N2O3/c1-9-6-7-11(10(17)8-9)21-14(23)22-16(15(18,19)20)24-12-4-2-3-5-13(12)25-16/h2-8H,1H3,(H2,21,22,23). The van der Waals surface area contributed by atoms with Gasteiger partial charge in [-0.2, -0.15) is 13.2 Å². The maximum atomic E-state index is 13.5. The third-order valence-electron chi connectivity index (χ3n) is 3.38. The number of anilines is 1. The van der Waals surface area contributed by atoms with Crippen LogP contribution in [0.25, 0.3) is 0 Å². The number of halogens is 4. The van der Waals surface area contributed by atoms with Gasteiger partial charge in [0.25, 0.3) is 0 Å². The third kappa shape index (κ3) is 3.37. The SMILES string of the molecule is Cc1ccc(NC(=O)NC2(C(F)(F)F)Oc3ccccc3O2)c(Br)c1. The second-order valence-corrected chi connectivity index (χ2v) is 6.18. The molecule has 0 fully saturated rings. The van der Waals surface area contributed by atoms with Gasteiger partial charge >= 0.3 is 18.1 Å². The number of para-hydroxylation sites is 2. The number of alkyl halides is 3. The molecular formula is C16H12BrF3N2O3. The highest BCUT2D eigenvalue weighted by Crippen LogP contribution is 2.44. The van der Waals surface area contributed by atoms with Gasteiger partial charge < -0.3 is 14.8 Å². The maximum absolute atomic E-state index is 13.5. The monoisotopic (exact) mass is 416 g/mol. The molecule has 0 atom stereocenters. The van der Waals surface area contributed by atoms with E-state index in [2.05, 4.69) is 21.2 Å². The summed E-state index contributed by atoms with van der Waals surface area (Å²) in [5.41, 5.74) is 1.22. The van der Waals surface area contributed by atoms with Crippen molar-refractivity contribution >= 4 is 27.6 Å². The first-order valence-electron chi connectivity index (χ1n) is 7.09. The summed E-state index contributed by atoms with van der Waals surface area (Å²) in [5.74, 6) is -3.52. The molecule has 0 aliphatic carbocycles. The summed E-state index contributed by atoms with van der Waals surface area (Å²) in [7, 11) is 0. The van der Waals surface area contributed by atoms with Crippen LogP contribution in [0.5, 0.6) is 11.5 Å². The number of aryl methyl sites for hydroxylation is 1. The van der Waals surface area contributed by atoms with Crippen molar-refractivity contribution in [2.45, 2.75) is 19.0 Å². The quantitative estimate of drug-likeness (QED) is 0.753. The van der Waals surface area contributed by atoms with Gasteiger partial charge in [0.2, 0.25) is 0 Å². The van der Waals surface area contributed by atoms with Gasteiger partial charge in [-0.15, -0.1) is 0 Å². The van der Waals surface area contributed by atoms with Crippen molar-refractivity contribution in [1.82, 2.24) is 5.32 Å². The van der Waals surface area contributed by atoms with Gasteiger partial charge in [-0.05, 0) is 52.7 Å². The van der Waals surface area contributed by atoms with E-state index in [9.17, 15) is 18.0 Å². The number of fused-ring (bicyclic) bond motifs is 1. The van der Waals surface area contributed by atoms with Crippen molar-refractivity contribution in [2.24, 2.45) is 0 Å². The van der Waals surface area contributed by atoms with E-state index in [4.69, 9.17) is 9.47 Å². The molecule has 2 aromatic carbocycles. The Bertz CT molecular complexity index is 802. The zero-order chi connectivity index (χ0) is 18.2. The van der Waals surface area contributed by atoms with Crippen LogP contribution in [0.2, 0.25) is 0 Å². The van der Waals surface area contributed by atoms with E-state index in [1.165, 1.54) is 24.3 Å². The molecule has 0 spiro atoms. The lowest BCUT2D eigenvalue weighted by molar-refractivity contribution is -0.317. The summed E-state index contributed by atoms with van der Waals surface area (Å²) in [6, 6.07) is 9.49. The number of amides is 2. The number of hydrogen-bond acceptors (Lipinski definition) is 3. The molecule has 3 rings (SSSR count). The van der Waals surface area contributed by atoms with Crippen molar-refractivity contribution in [3.8, 4) is 11.5 Å². The molecule has 0 saturated carbocycles. The normalized spacial score (nSPS) is 14.9. The lowest BCUT2D eigenvalue weighted by Crippen LogP contribution is -2.65. The lowest BCUT2D eigenvalue weighted by Gasteiger charge is -2.29. The Labute approximate surface area is 149 Å². The van der Waals surface area contributed by atoms with E-state index < -0.39 is 18.1 Å². The molecule has 1 aliphatic heterocycles. The predicted octanol–water partition coefficient (Wildman–Crippen LogP) is 4.57. The smallest absolute Gasteiger partial charge is 0.424 e. The summed E-state index contributed by atoms with van der Waals surface area (Å²) in [6.45, 7) is 1.84. The van der Waals surface area contributed by atoms with Gasteiger partial charge in [0.15, 0.2) is 11.5 Å². The molecule has 2 amide bonds.